The molecule has 23 heavy (non-hydrogen) atoms. The maximum atomic E-state index is 12.1. The standard InChI is InChI=1S/C15H19NO7/c1-8(17)22-7-10-12(18)13(19)11(15(21)23-10)16-14(20)9-5-3-2-4-6-9/h2-6,10-13,15,18-19,21H,7H2,1H3,(H,16,20)/t10?,11-,12+,13+,15?/m0/s1. The van der Waals surface area contributed by atoms with Gasteiger partial charge in [-0.15, -0.1) is 0 Å². The van der Waals surface area contributed by atoms with Gasteiger partial charge in [0.25, 0.3) is 5.91 Å². The summed E-state index contributed by atoms with van der Waals surface area (Å²) >= 11 is 0. The fraction of sp³-hybridized carbons (Fsp3) is 0.467. The predicted octanol–water partition coefficient (Wildman–Crippen LogP) is -1.21. The van der Waals surface area contributed by atoms with Gasteiger partial charge in [-0.1, -0.05) is 18.2 Å². The summed E-state index contributed by atoms with van der Waals surface area (Å²) in [4.78, 5) is 22.8. The second kappa shape index (κ2) is 7.51. The van der Waals surface area contributed by atoms with Crippen LogP contribution in [0.2, 0.25) is 0 Å². The Morgan fingerprint density at radius 2 is 1.83 bits per heavy atom. The molecule has 0 saturated carbocycles. The molecule has 2 rings (SSSR count). The number of hydrogen-bond acceptors (Lipinski definition) is 7. The van der Waals surface area contributed by atoms with Gasteiger partial charge in [-0.25, -0.2) is 0 Å². The molecule has 8 nitrogen and oxygen atoms in total. The van der Waals surface area contributed by atoms with Crippen LogP contribution in [0, 0.1) is 0 Å². The number of amides is 1. The highest BCUT2D eigenvalue weighted by molar-refractivity contribution is 5.94. The van der Waals surface area contributed by atoms with Crippen molar-refractivity contribution in [3.63, 3.8) is 0 Å². The molecule has 1 aromatic rings. The minimum atomic E-state index is -1.55. The van der Waals surface area contributed by atoms with E-state index in [1.807, 2.05) is 0 Å². The smallest absolute Gasteiger partial charge is 0.302 e. The Morgan fingerprint density at radius 3 is 2.43 bits per heavy atom. The molecule has 1 aromatic carbocycles. The molecule has 0 bridgehead atoms. The third kappa shape index (κ3) is 4.26. The van der Waals surface area contributed by atoms with Crippen LogP contribution < -0.4 is 5.32 Å². The number of hydrogen-bond donors (Lipinski definition) is 4. The molecule has 126 valence electrons. The van der Waals surface area contributed by atoms with Crippen molar-refractivity contribution in [2.24, 2.45) is 0 Å². The number of carbonyl (C=O) groups excluding carboxylic acids is 2. The van der Waals surface area contributed by atoms with Gasteiger partial charge in [0.1, 0.15) is 31.0 Å². The SMILES string of the molecule is CC(=O)OCC1OC(O)[C@@H](NC(=O)c2ccccc2)[C@@H](O)[C@@H]1O. The molecule has 0 aliphatic carbocycles. The average Bonchev–Trinajstić information content (AvgIpc) is 2.54. The van der Waals surface area contributed by atoms with Crippen molar-refractivity contribution in [1.82, 2.24) is 5.32 Å². The van der Waals surface area contributed by atoms with Crippen LogP contribution in [0.3, 0.4) is 0 Å². The molecule has 8 heteroatoms. The number of rotatable bonds is 4. The van der Waals surface area contributed by atoms with E-state index < -0.39 is 42.5 Å². The van der Waals surface area contributed by atoms with Gasteiger partial charge in [0.15, 0.2) is 6.29 Å². The number of carbonyl (C=O) groups is 2. The normalized spacial score (nSPS) is 30.5. The molecule has 0 spiro atoms. The Kier molecular flexibility index (Phi) is 5.67. The van der Waals surface area contributed by atoms with Gasteiger partial charge >= 0.3 is 5.97 Å². The molecule has 0 radical (unpaired) electrons. The van der Waals surface area contributed by atoms with Crippen LogP contribution in [0.4, 0.5) is 0 Å². The Morgan fingerprint density at radius 1 is 1.17 bits per heavy atom. The molecule has 0 aromatic heterocycles. The van der Waals surface area contributed by atoms with E-state index in [2.05, 4.69) is 5.32 Å². The fourth-order valence-electron chi connectivity index (χ4n) is 2.26. The molecule has 1 aliphatic heterocycles. The summed E-state index contributed by atoms with van der Waals surface area (Å²) in [5.41, 5.74) is 0.337. The van der Waals surface area contributed by atoms with Crippen LogP contribution >= 0.6 is 0 Å². The summed E-state index contributed by atoms with van der Waals surface area (Å²) in [7, 11) is 0. The summed E-state index contributed by atoms with van der Waals surface area (Å²) in [6.07, 6.45) is -5.55. The number of ether oxygens (including phenoxy) is 2. The molecule has 1 saturated heterocycles. The summed E-state index contributed by atoms with van der Waals surface area (Å²) in [5.74, 6) is -1.10. The van der Waals surface area contributed by atoms with E-state index in [0.29, 0.717) is 5.56 Å². The van der Waals surface area contributed by atoms with Crippen molar-refractivity contribution in [2.75, 3.05) is 6.61 Å². The van der Waals surface area contributed by atoms with Crippen molar-refractivity contribution in [3.8, 4) is 0 Å². The highest BCUT2D eigenvalue weighted by Crippen LogP contribution is 2.20. The van der Waals surface area contributed by atoms with Gasteiger partial charge < -0.3 is 30.1 Å². The quantitative estimate of drug-likeness (QED) is 0.512. The van der Waals surface area contributed by atoms with Gasteiger partial charge in [0.2, 0.25) is 0 Å². The number of nitrogens with one attached hydrogen (secondary N) is 1. The summed E-state index contributed by atoms with van der Waals surface area (Å²) < 4.78 is 9.82. The highest BCUT2D eigenvalue weighted by Gasteiger charge is 2.45. The molecular weight excluding hydrogens is 306 g/mol. The lowest BCUT2D eigenvalue weighted by Gasteiger charge is -2.40. The van der Waals surface area contributed by atoms with Crippen LogP contribution in [-0.4, -0.2) is 64.4 Å². The Labute approximate surface area is 132 Å². The van der Waals surface area contributed by atoms with Gasteiger partial charge in [0, 0.05) is 12.5 Å². The van der Waals surface area contributed by atoms with Crippen molar-refractivity contribution >= 4 is 11.9 Å². The Hall–Kier alpha value is -2.00. The van der Waals surface area contributed by atoms with Gasteiger partial charge in [-0.3, -0.25) is 9.59 Å². The second-order valence-electron chi connectivity index (χ2n) is 5.21. The van der Waals surface area contributed by atoms with Crippen LogP contribution in [0.1, 0.15) is 17.3 Å². The van der Waals surface area contributed by atoms with Gasteiger partial charge in [-0.2, -0.15) is 0 Å². The largest absolute Gasteiger partial charge is 0.463 e. The highest BCUT2D eigenvalue weighted by atomic mass is 16.6. The first kappa shape index (κ1) is 17.4. The number of aliphatic hydroxyl groups excluding tert-OH is 3. The molecule has 5 atom stereocenters. The van der Waals surface area contributed by atoms with Gasteiger partial charge in [0.05, 0.1) is 0 Å². The molecule has 1 aliphatic rings. The van der Waals surface area contributed by atoms with Crippen LogP contribution in [0.5, 0.6) is 0 Å². The maximum Gasteiger partial charge on any atom is 0.302 e. The van der Waals surface area contributed by atoms with Crippen LogP contribution in [0.25, 0.3) is 0 Å². The minimum Gasteiger partial charge on any atom is -0.463 e. The predicted molar refractivity (Wildman–Crippen MR) is 77.2 cm³/mol. The van der Waals surface area contributed by atoms with Crippen molar-refractivity contribution in [1.29, 1.82) is 0 Å². The third-order valence-corrected chi connectivity index (χ3v) is 3.50. The van der Waals surface area contributed by atoms with E-state index in [4.69, 9.17) is 9.47 Å². The number of benzene rings is 1. The molecule has 4 N–H and O–H groups in total. The first-order chi connectivity index (χ1) is 10.9. The third-order valence-electron chi connectivity index (χ3n) is 3.50. The molecule has 1 fully saturated rings. The summed E-state index contributed by atoms with van der Waals surface area (Å²) in [6, 6.07) is 7.00. The minimum absolute atomic E-state index is 0.316. The molecule has 1 heterocycles. The van der Waals surface area contributed by atoms with E-state index in [-0.39, 0.29) is 6.61 Å². The lowest BCUT2D eigenvalue weighted by molar-refractivity contribution is -0.254. The van der Waals surface area contributed by atoms with Crippen LogP contribution in [0.15, 0.2) is 30.3 Å². The second-order valence-corrected chi connectivity index (χ2v) is 5.21. The Bertz CT molecular complexity index is 550. The van der Waals surface area contributed by atoms with Crippen molar-refractivity contribution < 1.29 is 34.4 Å². The first-order valence-electron chi connectivity index (χ1n) is 7.09. The topological polar surface area (TPSA) is 125 Å². The lowest BCUT2D eigenvalue weighted by Crippen LogP contribution is -2.64. The van der Waals surface area contributed by atoms with E-state index in [1.165, 1.54) is 6.92 Å². The fourth-order valence-corrected chi connectivity index (χ4v) is 2.26. The van der Waals surface area contributed by atoms with Gasteiger partial charge in [-0.05, 0) is 12.1 Å². The monoisotopic (exact) mass is 325 g/mol. The zero-order valence-electron chi connectivity index (χ0n) is 12.5. The maximum absolute atomic E-state index is 12.1. The van der Waals surface area contributed by atoms with E-state index in [9.17, 15) is 24.9 Å². The molecule has 2 unspecified atom stereocenters. The lowest BCUT2D eigenvalue weighted by atomic mass is 9.96. The van der Waals surface area contributed by atoms with Crippen LogP contribution in [-0.2, 0) is 14.3 Å². The van der Waals surface area contributed by atoms with Crippen molar-refractivity contribution in [2.45, 2.75) is 37.6 Å². The average molecular weight is 325 g/mol. The summed E-state index contributed by atoms with van der Waals surface area (Å²) in [6.45, 7) is 0.870. The summed E-state index contributed by atoms with van der Waals surface area (Å²) in [5, 5.41) is 32.4. The van der Waals surface area contributed by atoms with E-state index in [1.54, 1.807) is 30.3 Å². The number of esters is 1. The Balaban J connectivity index is 2.01. The van der Waals surface area contributed by atoms with Crippen molar-refractivity contribution in [3.05, 3.63) is 35.9 Å². The number of aliphatic hydroxyl groups is 3. The first-order valence-corrected chi connectivity index (χ1v) is 7.09. The van der Waals surface area contributed by atoms with E-state index in [0.717, 1.165) is 0 Å². The zero-order chi connectivity index (χ0) is 17.0. The zero-order valence-corrected chi connectivity index (χ0v) is 12.5. The van der Waals surface area contributed by atoms with E-state index >= 15 is 0 Å². The molecular formula is C15H19NO7. The molecule has 1 amide bonds.